The Hall–Kier alpha value is -2.31. The van der Waals surface area contributed by atoms with Gasteiger partial charge in [0.15, 0.2) is 0 Å². The molecule has 0 saturated carbocycles. The van der Waals surface area contributed by atoms with Crippen LogP contribution in [-0.4, -0.2) is 42.3 Å². The van der Waals surface area contributed by atoms with Gasteiger partial charge in [-0.25, -0.2) is 8.78 Å². The van der Waals surface area contributed by atoms with Gasteiger partial charge in [0.1, 0.15) is 18.1 Å². The number of rotatable bonds is 2. The molecule has 4 nitrogen and oxygen atoms in total. The standard InChI is InChI=1S/C21H22F2N2O2/c22-15-7-5-14(6-8-15)20-16-4-2-1-3-13(16)9-10-25(20)21(26)19-11-17(23)18(24)12-27-19/h1-8,17-20H,9-12,24H2/t17-,18+,19-,20+/m1/s1. The average molecular weight is 372 g/mol. The fraction of sp³-hybridized carbons (Fsp3) is 0.381. The monoisotopic (exact) mass is 372 g/mol. The highest BCUT2D eigenvalue weighted by Crippen LogP contribution is 2.36. The number of alkyl halides is 1. The maximum Gasteiger partial charge on any atom is 0.252 e. The van der Waals surface area contributed by atoms with E-state index in [2.05, 4.69) is 0 Å². The molecule has 4 rings (SSSR count). The van der Waals surface area contributed by atoms with E-state index in [-0.39, 0.29) is 30.8 Å². The van der Waals surface area contributed by atoms with Crippen molar-refractivity contribution in [3.8, 4) is 0 Å². The van der Waals surface area contributed by atoms with Crippen molar-refractivity contribution in [1.82, 2.24) is 4.90 Å². The van der Waals surface area contributed by atoms with E-state index in [1.807, 2.05) is 24.3 Å². The van der Waals surface area contributed by atoms with Gasteiger partial charge in [-0.3, -0.25) is 4.79 Å². The third-order valence-corrected chi connectivity index (χ3v) is 5.42. The summed E-state index contributed by atoms with van der Waals surface area (Å²) < 4.78 is 33.0. The number of hydrogen-bond acceptors (Lipinski definition) is 3. The molecule has 2 aromatic rings. The maximum absolute atomic E-state index is 14.0. The van der Waals surface area contributed by atoms with Crippen LogP contribution in [0.1, 0.15) is 29.2 Å². The van der Waals surface area contributed by atoms with Gasteiger partial charge in [-0.05, 0) is 35.2 Å². The topological polar surface area (TPSA) is 55.6 Å². The summed E-state index contributed by atoms with van der Waals surface area (Å²) in [6.07, 6.45) is -1.42. The van der Waals surface area contributed by atoms with Crippen molar-refractivity contribution >= 4 is 5.91 Å². The molecule has 2 N–H and O–H groups in total. The Morgan fingerprint density at radius 2 is 1.89 bits per heavy atom. The lowest BCUT2D eigenvalue weighted by Gasteiger charge is -2.40. The second kappa shape index (κ2) is 7.37. The van der Waals surface area contributed by atoms with E-state index in [1.165, 1.54) is 12.1 Å². The van der Waals surface area contributed by atoms with Crippen LogP contribution in [0.15, 0.2) is 48.5 Å². The first-order valence-electron chi connectivity index (χ1n) is 9.19. The summed E-state index contributed by atoms with van der Waals surface area (Å²) in [5, 5.41) is 0. The number of nitrogens with zero attached hydrogens (tertiary/aromatic N) is 1. The molecular weight excluding hydrogens is 350 g/mol. The van der Waals surface area contributed by atoms with Gasteiger partial charge in [-0.15, -0.1) is 0 Å². The van der Waals surface area contributed by atoms with Crippen LogP contribution >= 0.6 is 0 Å². The van der Waals surface area contributed by atoms with E-state index in [9.17, 15) is 13.6 Å². The lowest BCUT2D eigenvalue weighted by molar-refractivity contribution is -0.152. The van der Waals surface area contributed by atoms with Crippen LogP contribution in [-0.2, 0) is 16.0 Å². The molecule has 4 atom stereocenters. The third-order valence-electron chi connectivity index (χ3n) is 5.42. The van der Waals surface area contributed by atoms with Crippen molar-refractivity contribution in [2.24, 2.45) is 5.73 Å². The molecule has 6 heteroatoms. The molecule has 1 amide bonds. The largest absolute Gasteiger partial charge is 0.367 e. The summed E-state index contributed by atoms with van der Waals surface area (Å²) in [4.78, 5) is 14.9. The van der Waals surface area contributed by atoms with Gasteiger partial charge in [0.2, 0.25) is 0 Å². The molecule has 2 aromatic carbocycles. The second-order valence-electron chi connectivity index (χ2n) is 7.17. The summed E-state index contributed by atoms with van der Waals surface area (Å²) in [5.41, 5.74) is 8.64. The molecular formula is C21H22F2N2O2. The molecule has 142 valence electrons. The Balaban J connectivity index is 1.68. The molecule has 27 heavy (non-hydrogen) atoms. The van der Waals surface area contributed by atoms with Crippen LogP contribution in [0, 0.1) is 5.82 Å². The van der Waals surface area contributed by atoms with Crippen molar-refractivity contribution in [1.29, 1.82) is 0 Å². The first kappa shape index (κ1) is 18.1. The number of fused-ring (bicyclic) bond motifs is 1. The summed E-state index contributed by atoms with van der Waals surface area (Å²) >= 11 is 0. The molecule has 1 fully saturated rings. The fourth-order valence-electron chi connectivity index (χ4n) is 3.94. The number of ether oxygens (including phenoxy) is 1. The smallest absolute Gasteiger partial charge is 0.252 e. The Kier molecular flexibility index (Phi) is 4.93. The van der Waals surface area contributed by atoms with Crippen molar-refractivity contribution in [3.63, 3.8) is 0 Å². The fourth-order valence-corrected chi connectivity index (χ4v) is 3.94. The lowest BCUT2D eigenvalue weighted by atomic mass is 9.87. The van der Waals surface area contributed by atoms with E-state index in [0.717, 1.165) is 16.7 Å². The van der Waals surface area contributed by atoms with Crippen molar-refractivity contribution < 1.29 is 18.3 Å². The molecule has 0 unspecified atom stereocenters. The highest BCUT2D eigenvalue weighted by Gasteiger charge is 2.39. The minimum absolute atomic E-state index is 0.0310. The number of amides is 1. The van der Waals surface area contributed by atoms with Crippen LogP contribution < -0.4 is 5.73 Å². The van der Waals surface area contributed by atoms with Gasteiger partial charge < -0.3 is 15.4 Å². The predicted molar refractivity (Wildman–Crippen MR) is 97.3 cm³/mol. The molecule has 0 spiro atoms. The summed E-state index contributed by atoms with van der Waals surface area (Å²) in [6.45, 7) is 0.532. The zero-order chi connectivity index (χ0) is 19.0. The van der Waals surface area contributed by atoms with E-state index < -0.39 is 18.3 Å². The van der Waals surface area contributed by atoms with Crippen LogP contribution in [0.3, 0.4) is 0 Å². The van der Waals surface area contributed by atoms with Gasteiger partial charge in [0.05, 0.1) is 18.7 Å². The van der Waals surface area contributed by atoms with Crippen molar-refractivity contribution in [2.45, 2.75) is 37.2 Å². The number of nitrogens with two attached hydrogens (primary N) is 1. The summed E-state index contributed by atoms with van der Waals surface area (Å²) in [7, 11) is 0. The molecule has 2 heterocycles. The van der Waals surface area contributed by atoms with E-state index in [1.54, 1.807) is 17.0 Å². The third kappa shape index (κ3) is 3.47. The van der Waals surface area contributed by atoms with E-state index in [0.29, 0.717) is 13.0 Å². The Bertz CT molecular complexity index is 827. The van der Waals surface area contributed by atoms with Gasteiger partial charge in [-0.2, -0.15) is 0 Å². The van der Waals surface area contributed by atoms with Crippen LogP contribution in [0.2, 0.25) is 0 Å². The second-order valence-corrected chi connectivity index (χ2v) is 7.17. The highest BCUT2D eigenvalue weighted by molar-refractivity contribution is 5.82. The first-order valence-corrected chi connectivity index (χ1v) is 9.19. The van der Waals surface area contributed by atoms with Crippen LogP contribution in [0.5, 0.6) is 0 Å². The average Bonchev–Trinajstić information content (AvgIpc) is 2.69. The molecule has 0 radical (unpaired) electrons. The zero-order valence-corrected chi connectivity index (χ0v) is 14.9. The van der Waals surface area contributed by atoms with Gasteiger partial charge in [-0.1, -0.05) is 36.4 Å². The normalized spacial score (nSPS) is 27.9. The molecule has 0 aliphatic carbocycles. The van der Waals surface area contributed by atoms with Crippen LogP contribution in [0.4, 0.5) is 8.78 Å². The molecule has 0 bridgehead atoms. The summed E-state index contributed by atoms with van der Waals surface area (Å²) in [6, 6.07) is 13.1. The number of carbonyl (C=O) groups excluding carboxylic acids is 1. The molecule has 2 aliphatic heterocycles. The Morgan fingerprint density at radius 3 is 2.63 bits per heavy atom. The number of halogens is 2. The number of hydrogen-bond donors (Lipinski definition) is 1. The SMILES string of the molecule is N[C@H]1CO[C@@H](C(=O)N2CCc3ccccc3[C@@H]2c2ccc(F)cc2)C[C@H]1F. The van der Waals surface area contributed by atoms with E-state index in [4.69, 9.17) is 10.5 Å². The lowest BCUT2D eigenvalue weighted by Crippen LogP contribution is -2.52. The number of carbonyl (C=O) groups is 1. The highest BCUT2D eigenvalue weighted by atomic mass is 19.1. The minimum atomic E-state index is -1.26. The summed E-state index contributed by atoms with van der Waals surface area (Å²) in [5.74, 6) is -0.570. The molecule has 2 aliphatic rings. The maximum atomic E-state index is 14.0. The quantitative estimate of drug-likeness (QED) is 0.882. The molecule has 0 aromatic heterocycles. The Labute approximate surface area is 156 Å². The number of benzene rings is 2. The van der Waals surface area contributed by atoms with Crippen molar-refractivity contribution in [2.75, 3.05) is 13.2 Å². The first-order chi connectivity index (χ1) is 13.0. The van der Waals surface area contributed by atoms with Crippen LogP contribution in [0.25, 0.3) is 0 Å². The minimum Gasteiger partial charge on any atom is -0.367 e. The van der Waals surface area contributed by atoms with Gasteiger partial charge in [0, 0.05) is 13.0 Å². The Morgan fingerprint density at radius 1 is 1.15 bits per heavy atom. The molecule has 1 saturated heterocycles. The zero-order valence-electron chi connectivity index (χ0n) is 14.9. The van der Waals surface area contributed by atoms with E-state index >= 15 is 0 Å². The predicted octanol–water partition coefficient (Wildman–Crippen LogP) is 2.75. The van der Waals surface area contributed by atoms with Crippen molar-refractivity contribution in [3.05, 3.63) is 71.0 Å². The van der Waals surface area contributed by atoms with Gasteiger partial charge >= 0.3 is 0 Å². The van der Waals surface area contributed by atoms with Gasteiger partial charge in [0.25, 0.3) is 5.91 Å².